The van der Waals surface area contributed by atoms with E-state index in [-0.39, 0.29) is 5.82 Å². The highest BCUT2D eigenvalue weighted by atomic mass is 35.5. The second-order valence-electron chi connectivity index (χ2n) is 6.05. The summed E-state index contributed by atoms with van der Waals surface area (Å²) in [5.41, 5.74) is 1.39. The number of nitrogens with zero attached hydrogens (tertiary/aromatic N) is 2. The van der Waals surface area contributed by atoms with Crippen LogP contribution in [0.4, 0.5) is 5.82 Å². The average Bonchev–Trinajstić information content (AvgIpc) is 3.25. The van der Waals surface area contributed by atoms with Gasteiger partial charge in [0.1, 0.15) is 15.6 Å². The number of carbonyl (C=O) groups excluding carboxylic acids is 2. The zero-order valence-electron chi connectivity index (χ0n) is 15.5. The monoisotopic (exact) mass is 419 g/mol. The maximum Gasteiger partial charge on any atom is 0.351 e. The van der Waals surface area contributed by atoms with E-state index in [1.54, 1.807) is 39.0 Å². The molecule has 0 aliphatic carbocycles. The Morgan fingerprint density at radius 3 is 2.61 bits per heavy atom. The summed E-state index contributed by atoms with van der Waals surface area (Å²) in [6.45, 7) is 5.20. The molecular weight excluding hydrogens is 402 g/mol. The number of ether oxygens (including phenoxy) is 1. The zero-order chi connectivity index (χ0) is 20.3. The van der Waals surface area contributed by atoms with E-state index in [1.807, 2.05) is 12.1 Å². The van der Waals surface area contributed by atoms with Gasteiger partial charge in [-0.05, 0) is 32.4 Å². The molecule has 0 bridgehead atoms. The largest absolute Gasteiger partial charge is 0.448 e. The molecule has 2 heterocycles. The van der Waals surface area contributed by atoms with Gasteiger partial charge >= 0.3 is 5.97 Å². The van der Waals surface area contributed by atoms with E-state index in [1.165, 1.54) is 11.3 Å². The second kappa shape index (κ2) is 8.53. The lowest BCUT2D eigenvalue weighted by molar-refractivity contribution is -0.124. The van der Waals surface area contributed by atoms with E-state index in [9.17, 15) is 9.59 Å². The van der Waals surface area contributed by atoms with Crippen molar-refractivity contribution in [2.24, 2.45) is 0 Å². The number of anilines is 1. The normalized spacial score (nSPS) is 11.9. The molecule has 1 amide bonds. The number of halogens is 1. The van der Waals surface area contributed by atoms with Crippen LogP contribution < -0.4 is 5.32 Å². The molecule has 2 aromatic heterocycles. The van der Waals surface area contributed by atoms with E-state index >= 15 is 0 Å². The van der Waals surface area contributed by atoms with Crippen LogP contribution in [0.1, 0.15) is 34.5 Å². The Bertz CT molecular complexity index is 997. The summed E-state index contributed by atoms with van der Waals surface area (Å²) in [6.07, 6.45) is -0.638. The van der Waals surface area contributed by atoms with E-state index < -0.39 is 18.0 Å². The molecule has 1 N–H and O–H groups in total. The third kappa shape index (κ3) is 4.58. The molecule has 146 valence electrons. The summed E-state index contributed by atoms with van der Waals surface area (Å²) in [7, 11) is 0. The van der Waals surface area contributed by atoms with Crippen molar-refractivity contribution in [1.29, 1.82) is 0 Å². The third-order valence-electron chi connectivity index (χ3n) is 3.86. The lowest BCUT2D eigenvalue weighted by Crippen LogP contribution is -2.32. The minimum atomic E-state index is -0.954. The number of nitrogens with one attached hydrogen (secondary N) is 1. The molecule has 0 saturated heterocycles. The van der Waals surface area contributed by atoms with Crippen molar-refractivity contribution >= 4 is 40.6 Å². The van der Waals surface area contributed by atoms with Crippen molar-refractivity contribution < 1.29 is 18.8 Å². The van der Waals surface area contributed by atoms with Gasteiger partial charge in [-0.3, -0.25) is 4.79 Å². The summed E-state index contributed by atoms with van der Waals surface area (Å²) in [6, 6.07) is 8.76. The Balaban J connectivity index is 1.72. The van der Waals surface area contributed by atoms with Crippen molar-refractivity contribution in [3.63, 3.8) is 0 Å². The van der Waals surface area contributed by atoms with Crippen molar-refractivity contribution in [1.82, 2.24) is 10.1 Å². The number of benzene rings is 1. The highest BCUT2D eigenvalue weighted by Gasteiger charge is 2.25. The lowest BCUT2D eigenvalue weighted by Gasteiger charge is -2.14. The molecule has 0 fully saturated rings. The number of carbonyl (C=O) groups is 2. The fourth-order valence-electron chi connectivity index (χ4n) is 2.44. The zero-order valence-corrected chi connectivity index (χ0v) is 17.1. The van der Waals surface area contributed by atoms with E-state index in [0.29, 0.717) is 32.8 Å². The van der Waals surface area contributed by atoms with Crippen LogP contribution in [0.5, 0.6) is 0 Å². The molecule has 1 atom stereocenters. The SMILES string of the molecule is CCC(OC(=O)c1sc(-c2ccc(Cl)cc2)nc1C)C(=O)Nc1cc(C)on1. The summed E-state index contributed by atoms with van der Waals surface area (Å²) < 4.78 is 10.3. The van der Waals surface area contributed by atoms with Gasteiger partial charge in [-0.25, -0.2) is 9.78 Å². The first-order chi connectivity index (χ1) is 13.4. The summed E-state index contributed by atoms with van der Waals surface area (Å²) in [5.74, 6) is -0.218. The fourth-order valence-corrected chi connectivity index (χ4v) is 3.52. The maximum absolute atomic E-state index is 12.6. The first kappa shape index (κ1) is 20.0. The van der Waals surface area contributed by atoms with Gasteiger partial charge in [0.05, 0.1) is 5.69 Å². The van der Waals surface area contributed by atoms with Crippen molar-refractivity contribution in [3.8, 4) is 10.6 Å². The number of thiazole rings is 1. The standard InChI is InChI=1S/C19H18ClN3O4S/c1-4-14(17(24)22-15-9-10(2)27-23-15)26-19(25)16-11(3)21-18(28-16)12-5-7-13(20)8-6-12/h5-9,14H,4H2,1-3H3,(H,22,23,24). The van der Waals surface area contributed by atoms with Crippen LogP contribution in [0.2, 0.25) is 5.02 Å². The molecule has 0 spiro atoms. The van der Waals surface area contributed by atoms with Crippen LogP contribution >= 0.6 is 22.9 Å². The highest BCUT2D eigenvalue weighted by Crippen LogP contribution is 2.29. The van der Waals surface area contributed by atoms with Gasteiger partial charge in [0.2, 0.25) is 0 Å². The minimum Gasteiger partial charge on any atom is -0.448 e. The van der Waals surface area contributed by atoms with Gasteiger partial charge in [0.25, 0.3) is 5.91 Å². The molecule has 1 aromatic carbocycles. The number of hydrogen-bond donors (Lipinski definition) is 1. The minimum absolute atomic E-state index is 0.274. The first-order valence-corrected chi connectivity index (χ1v) is 9.75. The van der Waals surface area contributed by atoms with Crippen LogP contribution in [0.15, 0.2) is 34.9 Å². The number of esters is 1. The summed E-state index contributed by atoms with van der Waals surface area (Å²) >= 11 is 7.12. The average molecular weight is 420 g/mol. The van der Waals surface area contributed by atoms with Crippen LogP contribution in [-0.2, 0) is 9.53 Å². The van der Waals surface area contributed by atoms with Gasteiger partial charge in [0.15, 0.2) is 11.9 Å². The maximum atomic E-state index is 12.6. The molecule has 9 heteroatoms. The van der Waals surface area contributed by atoms with Crippen LogP contribution in [0, 0.1) is 13.8 Å². The molecule has 3 aromatic rings. The quantitative estimate of drug-likeness (QED) is 0.585. The molecular formula is C19H18ClN3O4S. The number of hydrogen-bond acceptors (Lipinski definition) is 7. The Labute approximate surface area is 170 Å². The molecule has 7 nitrogen and oxygen atoms in total. The Morgan fingerprint density at radius 2 is 2.00 bits per heavy atom. The van der Waals surface area contributed by atoms with Gasteiger partial charge in [-0.1, -0.05) is 35.8 Å². The second-order valence-corrected chi connectivity index (χ2v) is 7.49. The predicted octanol–water partition coefficient (Wildman–Crippen LogP) is 4.64. The van der Waals surface area contributed by atoms with Crippen molar-refractivity contribution in [3.05, 3.63) is 51.7 Å². The smallest absolute Gasteiger partial charge is 0.351 e. The van der Waals surface area contributed by atoms with Crippen molar-refractivity contribution in [2.75, 3.05) is 5.32 Å². The summed E-state index contributed by atoms with van der Waals surface area (Å²) in [4.78, 5) is 29.8. The first-order valence-electron chi connectivity index (χ1n) is 8.56. The van der Waals surface area contributed by atoms with Gasteiger partial charge in [0, 0.05) is 16.7 Å². The molecule has 0 aliphatic heterocycles. The Hall–Kier alpha value is -2.71. The van der Waals surface area contributed by atoms with Crippen LogP contribution in [0.3, 0.4) is 0 Å². The molecule has 1 unspecified atom stereocenters. The van der Waals surface area contributed by atoms with E-state index in [2.05, 4.69) is 15.5 Å². The molecule has 0 aliphatic rings. The van der Waals surface area contributed by atoms with Crippen molar-refractivity contribution in [2.45, 2.75) is 33.3 Å². The number of aromatic nitrogens is 2. The molecule has 0 saturated carbocycles. The highest BCUT2D eigenvalue weighted by molar-refractivity contribution is 7.17. The molecule has 3 rings (SSSR count). The Morgan fingerprint density at radius 1 is 1.29 bits per heavy atom. The van der Waals surface area contributed by atoms with Crippen LogP contribution in [0.25, 0.3) is 10.6 Å². The van der Waals surface area contributed by atoms with Gasteiger partial charge in [-0.2, -0.15) is 0 Å². The lowest BCUT2D eigenvalue weighted by atomic mass is 10.2. The van der Waals surface area contributed by atoms with Crippen LogP contribution in [-0.4, -0.2) is 28.1 Å². The number of aryl methyl sites for hydroxylation is 2. The van der Waals surface area contributed by atoms with E-state index in [4.69, 9.17) is 20.9 Å². The topological polar surface area (TPSA) is 94.3 Å². The van der Waals surface area contributed by atoms with Gasteiger partial charge < -0.3 is 14.6 Å². The number of rotatable bonds is 6. The summed E-state index contributed by atoms with van der Waals surface area (Å²) in [5, 5.41) is 7.58. The van der Waals surface area contributed by atoms with Gasteiger partial charge in [-0.15, -0.1) is 11.3 Å². The molecule has 0 radical (unpaired) electrons. The third-order valence-corrected chi connectivity index (χ3v) is 5.30. The van der Waals surface area contributed by atoms with E-state index in [0.717, 1.165) is 5.56 Å². The molecule has 28 heavy (non-hydrogen) atoms. The number of amides is 1. The predicted molar refractivity (Wildman–Crippen MR) is 107 cm³/mol. The fraction of sp³-hybridized carbons (Fsp3) is 0.263. The Kier molecular flexibility index (Phi) is 6.11.